The lowest BCUT2D eigenvalue weighted by atomic mass is 9.99. The molecular weight excluding hydrogens is 228 g/mol. The molecule has 0 radical (unpaired) electrons. The van der Waals surface area contributed by atoms with E-state index in [0.29, 0.717) is 25.0 Å². The largest absolute Gasteiger partial charge is 0.466 e. The quantitative estimate of drug-likeness (QED) is 0.741. The van der Waals surface area contributed by atoms with Gasteiger partial charge >= 0.3 is 5.97 Å². The van der Waals surface area contributed by atoms with Crippen molar-refractivity contribution in [3.8, 4) is 12.1 Å². The SMILES string of the molecule is CCOC(=O)Cc1ccc(C#N)c(CCC#N)c1. The molecule has 0 aliphatic heterocycles. The highest BCUT2D eigenvalue weighted by Gasteiger charge is 2.07. The van der Waals surface area contributed by atoms with E-state index in [0.717, 1.165) is 11.1 Å². The minimum atomic E-state index is -0.284. The molecule has 4 nitrogen and oxygen atoms in total. The molecule has 4 heteroatoms. The second-order valence-corrected chi connectivity index (χ2v) is 3.74. The molecule has 0 saturated carbocycles. The maximum atomic E-state index is 11.4. The zero-order valence-electron chi connectivity index (χ0n) is 10.3. The molecule has 1 aromatic carbocycles. The molecular formula is C14H14N2O2. The second kappa shape index (κ2) is 7.09. The Balaban J connectivity index is 2.86. The molecule has 1 rings (SSSR count). The van der Waals surface area contributed by atoms with Gasteiger partial charge in [0.1, 0.15) is 0 Å². The Kier molecular flexibility index (Phi) is 5.41. The summed E-state index contributed by atoms with van der Waals surface area (Å²) in [6.45, 7) is 2.12. The third kappa shape index (κ3) is 3.92. The van der Waals surface area contributed by atoms with E-state index in [2.05, 4.69) is 6.07 Å². The van der Waals surface area contributed by atoms with Crippen LogP contribution in [0.3, 0.4) is 0 Å². The molecule has 0 bridgehead atoms. The number of hydrogen-bond donors (Lipinski definition) is 0. The van der Waals surface area contributed by atoms with E-state index in [1.165, 1.54) is 0 Å². The molecule has 0 N–H and O–H groups in total. The summed E-state index contributed by atoms with van der Waals surface area (Å²) in [7, 11) is 0. The number of ether oxygens (including phenoxy) is 1. The summed E-state index contributed by atoms with van der Waals surface area (Å²) in [5, 5.41) is 17.5. The Morgan fingerprint density at radius 3 is 2.78 bits per heavy atom. The Hall–Kier alpha value is -2.33. The highest BCUT2D eigenvalue weighted by molar-refractivity contribution is 5.72. The van der Waals surface area contributed by atoms with Crippen molar-refractivity contribution in [2.45, 2.75) is 26.2 Å². The molecule has 0 heterocycles. The Morgan fingerprint density at radius 1 is 1.39 bits per heavy atom. The molecule has 0 aromatic heterocycles. The molecule has 0 fully saturated rings. The topological polar surface area (TPSA) is 73.9 Å². The highest BCUT2D eigenvalue weighted by atomic mass is 16.5. The van der Waals surface area contributed by atoms with Crippen LogP contribution in [0, 0.1) is 22.7 Å². The molecule has 0 aliphatic rings. The van der Waals surface area contributed by atoms with Crippen LogP contribution in [0.15, 0.2) is 18.2 Å². The number of hydrogen-bond acceptors (Lipinski definition) is 4. The monoisotopic (exact) mass is 242 g/mol. The summed E-state index contributed by atoms with van der Waals surface area (Å²) in [6.07, 6.45) is 1.08. The van der Waals surface area contributed by atoms with Crippen molar-refractivity contribution < 1.29 is 9.53 Å². The summed E-state index contributed by atoms with van der Waals surface area (Å²) in [5.74, 6) is -0.284. The van der Waals surface area contributed by atoms with Crippen molar-refractivity contribution >= 4 is 5.97 Å². The van der Waals surface area contributed by atoms with Gasteiger partial charge in [0.15, 0.2) is 0 Å². The van der Waals surface area contributed by atoms with Crippen molar-refractivity contribution in [1.29, 1.82) is 10.5 Å². The number of rotatable bonds is 5. The van der Waals surface area contributed by atoms with Gasteiger partial charge in [0.05, 0.1) is 30.7 Å². The fourth-order valence-corrected chi connectivity index (χ4v) is 1.64. The first kappa shape index (κ1) is 13.7. The second-order valence-electron chi connectivity index (χ2n) is 3.74. The first-order chi connectivity index (χ1) is 8.71. The summed E-state index contributed by atoms with van der Waals surface area (Å²) >= 11 is 0. The van der Waals surface area contributed by atoms with Gasteiger partial charge < -0.3 is 4.74 Å². The van der Waals surface area contributed by atoms with E-state index in [4.69, 9.17) is 15.3 Å². The average Bonchev–Trinajstić information content (AvgIpc) is 2.36. The van der Waals surface area contributed by atoms with E-state index >= 15 is 0 Å². The van der Waals surface area contributed by atoms with Gasteiger partial charge in [-0.05, 0) is 30.5 Å². The first-order valence-corrected chi connectivity index (χ1v) is 5.75. The van der Waals surface area contributed by atoms with E-state index in [1.807, 2.05) is 6.07 Å². The van der Waals surface area contributed by atoms with Gasteiger partial charge in [0.2, 0.25) is 0 Å². The Labute approximate surface area is 106 Å². The molecule has 1 aromatic rings. The molecule has 0 atom stereocenters. The lowest BCUT2D eigenvalue weighted by molar-refractivity contribution is -0.142. The average molecular weight is 242 g/mol. The van der Waals surface area contributed by atoms with Crippen LogP contribution in [0.5, 0.6) is 0 Å². The van der Waals surface area contributed by atoms with Crippen LogP contribution in [0.4, 0.5) is 0 Å². The Bertz CT molecular complexity index is 510. The predicted molar refractivity (Wildman–Crippen MR) is 65.4 cm³/mol. The minimum absolute atomic E-state index is 0.194. The normalized spacial score (nSPS) is 9.28. The van der Waals surface area contributed by atoms with Gasteiger partial charge in [0, 0.05) is 6.42 Å². The summed E-state index contributed by atoms with van der Waals surface area (Å²) in [6, 6.07) is 9.35. The molecule has 18 heavy (non-hydrogen) atoms. The lowest BCUT2D eigenvalue weighted by Gasteiger charge is -2.06. The van der Waals surface area contributed by atoms with Gasteiger partial charge in [-0.15, -0.1) is 0 Å². The van der Waals surface area contributed by atoms with Crippen LogP contribution in [-0.4, -0.2) is 12.6 Å². The molecule has 0 saturated heterocycles. The van der Waals surface area contributed by atoms with Crippen LogP contribution < -0.4 is 0 Å². The van der Waals surface area contributed by atoms with E-state index in [-0.39, 0.29) is 12.4 Å². The number of aryl methyl sites for hydroxylation is 1. The molecule has 0 unspecified atom stereocenters. The molecule has 0 amide bonds. The number of nitriles is 2. The number of nitrogens with zero attached hydrogens (tertiary/aromatic N) is 2. The first-order valence-electron chi connectivity index (χ1n) is 5.75. The van der Waals surface area contributed by atoms with E-state index in [9.17, 15) is 4.79 Å². The lowest BCUT2D eigenvalue weighted by Crippen LogP contribution is -2.08. The highest BCUT2D eigenvalue weighted by Crippen LogP contribution is 2.14. The van der Waals surface area contributed by atoms with Gasteiger partial charge in [0.25, 0.3) is 0 Å². The molecule has 0 aliphatic carbocycles. The molecule has 92 valence electrons. The van der Waals surface area contributed by atoms with Gasteiger partial charge in [-0.3, -0.25) is 4.79 Å². The van der Waals surface area contributed by atoms with Crippen LogP contribution >= 0.6 is 0 Å². The third-order valence-electron chi connectivity index (χ3n) is 2.45. The summed E-state index contributed by atoms with van der Waals surface area (Å²) in [4.78, 5) is 11.4. The van der Waals surface area contributed by atoms with Crippen LogP contribution in [0.25, 0.3) is 0 Å². The smallest absolute Gasteiger partial charge is 0.310 e. The van der Waals surface area contributed by atoms with Gasteiger partial charge in [-0.2, -0.15) is 10.5 Å². The van der Waals surface area contributed by atoms with Crippen molar-refractivity contribution in [3.63, 3.8) is 0 Å². The number of carbonyl (C=O) groups excluding carboxylic acids is 1. The maximum Gasteiger partial charge on any atom is 0.310 e. The van der Waals surface area contributed by atoms with Crippen molar-refractivity contribution in [2.24, 2.45) is 0 Å². The standard InChI is InChI=1S/C14H14N2O2/c1-2-18-14(17)9-11-5-6-13(10-16)12(8-11)4-3-7-15/h5-6,8H,2-4,9H2,1H3. The Morgan fingerprint density at radius 2 is 2.17 bits per heavy atom. The van der Waals surface area contributed by atoms with Crippen LogP contribution in [0.1, 0.15) is 30.0 Å². The fourth-order valence-electron chi connectivity index (χ4n) is 1.64. The minimum Gasteiger partial charge on any atom is -0.466 e. The maximum absolute atomic E-state index is 11.4. The van der Waals surface area contributed by atoms with Crippen molar-refractivity contribution in [2.75, 3.05) is 6.61 Å². The number of esters is 1. The zero-order chi connectivity index (χ0) is 13.4. The zero-order valence-corrected chi connectivity index (χ0v) is 10.3. The van der Waals surface area contributed by atoms with Crippen molar-refractivity contribution in [3.05, 3.63) is 34.9 Å². The molecule has 0 spiro atoms. The third-order valence-corrected chi connectivity index (χ3v) is 2.45. The van der Waals surface area contributed by atoms with E-state index in [1.54, 1.807) is 25.1 Å². The van der Waals surface area contributed by atoms with E-state index < -0.39 is 0 Å². The fraction of sp³-hybridized carbons (Fsp3) is 0.357. The predicted octanol–water partition coefficient (Wildman–Crippen LogP) is 2.12. The number of benzene rings is 1. The van der Waals surface area contributed by atoms with Crippen LogP contribution in [-0.2, 0) is 22.4 Å². The van der Waals surface area contributed by atoms with Gasteiger partial charge in [-0.1, -0.05) is 12.1 Å². The van der Waals surface area contributed by atoms with Gasteiger partial charge in [-0.25, -0.2) is 0 Å². The number of carbonyl (C=O) groups is 1. The summed E-state index contributed by atoms with van der Waals surface area (Å²) < 4.78 is 4.87. The summed E-state index contributed by atoms with van der Waals surface area (Å²) in [5.41, 5.74) is 2.17. The van der Waals surface area contributed by atoms with Crippen LogP contribution in [0.2, 0.25) is 0 Å². The van der Waals surface area contributed by atoms with Crippen molar-refractivity contribution in [1.82, 2.24) is 0 Å².